The maximum Gasteiger partial charge on any atom is 0.248 e. The van der Waals surface area contributed by atoms with Gasteiger partial charge in [0.2, 0.25) is 5.91 Å². The fraction of sp³-hybridized carbons (Fsp3) is 0.0769. The Bertz CT molecular complexity index is 555. The Kier molecular flexibility index (Phi) is 3.79. The third-order valence-corrected chi connectivity index (χ3v) is 2.54. The zero-order chi connectivity index (χ0) is 13.0. The van der Waals surface area contributed by atoms with Gasteiger partial charge in [-0.05, 0) is 42.0 Å². The SMILES string of the molecule is NC(=O)c1ccc(OCc2ccnc(Cl)c2)cc1. The van der Waals surface area contributed by atoms with Gasteiger partial charge >= 0.3 is 0 Å². The standard InChI is InChI=1S/C13H11ClN2O2/c14-12-7-9(5-6-16-12)8-18-11-3-1-10(2-4-11)13(15)17/h1-7H,8H2,(H2,15,17). The number of halogens is 1. The van der Waals surface area contributed by atoms with Gasteiger partial charge < -0.3 is 10.5 Å². The summed E-state index contributed by atoms with van der Waals surface area (Å²) in [5.41, 5.74) is 6.52. The number of nitrogens with two attached hydrogens (primary N) is 1. The first-order chi connectivity index (χ1) is 8.65. The molecule has 2 aromatic rings. The third kappa shape index (κ3) is 3.21. The summed E-state index contributed by atoms with van der Waals surface area (Å²) in [4.78, 5) is 14.8. The molecular weight excluding hydrogens is 252 g/mol. The van der Waals surface area contributed by atoms with Gasteiger partial charge in [-0.25, -0.2) is 4.98 Å². The quantitative estimate of drug-likeness (QED) is 0.861. The van der Waals surface area contributed by atoms with Crippen molar-refractivity contribution in [3.63, 3.8) is 0 Å². The lowest BCUT2D eigenvalue weighted by molar-refractivity contribution is 0.100. The van der Waals surface area contributed by atoms with Gasteiger partial charge in [-0.3, -0.25) is 4.79 Å². The molecule has 0 fully saturated rings. The smallest absolute Gasteiger partial charge is 0.248 e. The maximum absolute atomic E-state index is 10.9. The Hall–Kier alpha value is -2.07. The molecule has 0 atom stereocenters. The van der Waals surface area contributed by atoms with Crippen LogP contribution in [0.3, 0.4) is 0 Å². The van der Waals surface area contributed by atoms with Crippen molar-refractivity contribution in [3.8, 4) is 5.75 Å². The minimum atomic E-state index is -0.456. The van der Waals surface area contributed by atoms with Gasteiger partial charge in [0.25, 0.3) is 0 Å². The highest BCUT2D eigenvalue weighted by Gasteiger charge is 2.01. The summed E-state index contributed by atoms with van der Waals surface area (Å²) in [6.45, 7) is 0.387. The second kappa shape index (κ2) is 5.51. The molecule has 1 heterocycles. The summed E-state index contributed by atoms with van der Waals surface area (Å²) >= 11 is 5.76. The van der Waals surface area contributed by atoms with E-state index in [-0.39, 0.29) is 0 Å². The van der Waals surface area contributed by atoms with E-state index in [0.29, 0.717) is 23.1 Å². The lowest BCUT2D eigenvalue weighted by Crippen LogP contribution is -2.10. The number of ether oxygens (including phenoxy) is 1. The molecule has 0 radical (unpaired) electrons. The van der Waals surface area contributed by atoms with Crippen molar-refractivity contribution in [2.45, 2.75) is 6.61 Å². The van der Waals surface area contributed by atoms with Gasteiger partial charge in [-0.15, -0.1) is 0 Å². The summed E-state index contributed by atoms with van der Waals surface area (Å²) < 4.78 is 5.54. The number of carbonyl (C=O) groups is 1. The van der Waals surface area contributed by atoms with Crippen LogP contribution in [0, 0.1) is 0 Å². The number of aromatic nitrogens is 1. The minimum Gasteiger partial charge on any atom is -0.489 e. The van der Waals surface area contributed by atoms with Crippen LogP contribution in [0.15, 0.2) is 42.6 Å². The molecule has 0 unspecified atom stereocenters. The predicted octanol–water partition coefficient (Wildman–Crippen LogP) is 2.41. The van der Waals surface area contributed by atoms with Crippen molar-refractivity contribution in [1.82, 2.24) is 4.98 Å². The molecule has 4 nitrogen and oxygen atoms in total. The van der Waals surface area contributed by atoms with E-state index >= 15 is 0 Å². The first-order valence-electron chi connectivity index (χ1n) is 5.28. The van der Waals surface area contributed by atoms with Crippen LogP contribution in [0.4, 0.5) is 0 Å². The highest BCUT2D eigenvalue weighted by atomic mass is 35.5. The van der Waals surface area contributed by atoms with Crippen molar-refractivity contribution in [2.75, 3.05) is 0 Å². The number of rotatable bonds is 4. The van der Waals surface area contributed by atoms with Crippen molar-refractivity contribution in [1.29, 1.82) is 0 Å². The molecule has 0 aliphatic carbocycles. The van der Waals surface area contributed by atoms with Crippen molar-refractivity contribution in [3.05, 3.63) is 58.9 Å². The monoisotopic (exact) mass is 262 g/mol. The van der Waals surface area contributed by atoms with E-state index in [2.05, 4.69) is 4.98 Å². The summed E-state index contributed by atoms with van der Waals surface area (Å²) in [6, 6.07) is 10.2. The van der Waals surface area contributed by atoms with E-state index < -0.39 is 5.91 Å². The zero-order valence-corrected chi connectivity index (χ0v) is 10.2. The van der Waals surface area contributed by atoms with Crippen LogP contribution in [0.5, 0.6) is 5.75 Å². The highest BCUT2D eigenvalue weighted by Crippen LogP contribution is 2.15. The number of hydrogen-bond donors (Lipinski definition) is 1. The largest absolute Gasteiger partial charge is 0.489 e. The molecular formula is C13H11ClN2O2. The summed E-state index contributed by atoms with van der Waals surface area (Å²) in [5.74, 6) is 0.204. The van der Waals surface area contributed by atoms with Crippen LogP contribution in [0.1, 0.15) is 15.9 Å². The van der Waals surface area contributed by atoms with Crippen molar-refractivity contribution >= 4 is 17.5 Å². The number of hydrogen-bond acceptors (Lipinski definition) is 3. The molecule has 1 amide bonds. The predicted molar refractivity (Wildman–Crippen MR) is 68.5 cm³/mol. The molecule has 0 aliphatic heterocycles. The molecule has 0 saturated carbocycles. The van der Waals surface area contributed by atoms with Crippen LogP contribution in [-0.2, 0) is 6.61 Å². The second-order valence-corrected chi connectivity index (χ2v) is 4.05. The Morgan fingerprint density at radius 3 is 2.61 bits per heavy atom. The summed E-state index contributed by atoms with van der Waals surface area (Å²) in [5, 5.41) is 0.431. The lowest BCUT2D eigenvalue weighted by Gasteiger charge is -2.06. The average Bonchev–Trinajstić information content (AvgIpc) is 2.37. The van der Waals surface area contributed by atoms with Crippen molar-refractivity contribution < 1.29 is 9.53 Å². The number of pyridine rings is 1. The normalized spacial score (nSPS) is 10.1. The topological polar surface area (TPSA) is 65.2 Å². The molecule has 0 aliphatic rings. The number of amides is 1. The highest BCUT2D eigenvalue weighted by molar-refractivity contribution is 6.29. The van der Waals surface area contributed by atoms with Gasteiger partial charge in [-0.2, -0.15) is 0 Å². The van der Waals surface area contributed by atoms with E-state index in [0.717, 1.165) is 5.56 Å². The van der Waals surface area contributed by atoms with Crippen LogP contribution in [0.2, 0.25) is 5.15 Å². The van der Waals surface area contributed by atoms with E-state index in [1.807, 2.05) is 6.07 Å². The van der Waals surface area contributed by atoms with Crippen LogP contribution >= 0.6 is 11.6 Å². The molecule has 2 N–H and O–H groups in total. The van der Waals surface area contributed by atoms with E-state index in [1.54, 1.807) is 36.5 Å². The summed E-state index contributed by atoms with van der Waals surface area (Å²) in [6.07, 6.45) is 1.62. The minimum absolute atomic E-state index is 0.387. The Balaban J connectivity index is 2.00. The lowest BCUT2D eigenvalue weighted by atomic mass is 10.2. The van der Waals surface area contributed by atoms with Crippen LogP contribution < -0.4 is 10.5 Å². The first-order valence-corrected chi connectivity index (χ1v) is 5.66. The van der Waals surface area contributed by atoms with Gasteiger partial charge in [0.1, 0.15) is 17.5 Å². The molecule has 92 valence electrons. The molecule has 5 heteroatoms. The number of carbonyl (C=O) groups excluding carboxylic acids is 1. The number of primary amides is 1. The third-order valence-electron chi connectivity index (χ3n) is 2.34. The Morgan fingerprint density at radius 1 is 1.28 bits per heavy atom. The molecule has 2 rings (SSSR count). The molecule has 1 aromatic carbocycles. The summed E-state index contributed by atoms with van der Waals surface area (Å²) in [7, 11) is 0. The second-order valence-electron chi connectivity index (χ2n) is 3.66. The molecule has 1 aromatic heterocycles. The van der Waals surface area contributed by atoms with Gasteiger partial charge in [-0.1, -0.05) is 11.6 Å². The van der Waals surface area contributed by atoms with Gasteiger partial charge in [0, 0.05) is 11.8 Å². The van der Waals surface area contributed by atoms with Gasteiger partial charge in [0.15, 0.2) is 0 Å². The maximum atomic E-state index is 10.9. The molecule has 0 saturated heterocycles. The zero-order valence-electron chi connectivity index (χ0n) is 9.47. The van der Waals surface area contributed by atoms with Crippen molar-refractivity contribution in [2.24, 2.45) is 5.73 Å². The van der Waals surface area contributed by atoms with Crippen LogP contribution in [-0.4, -0.2) is 10.9 Å². The Labute approximate surface area is 109 Å². The fourth-order valence-electron chi connectivity index (χ4n) is 1.41. The van der Waals surface area contributed by atoms with Gasteiger partial charge in [0.05, 0.1) is 0 Å². The molecule has 18 heavy (non-hydrogen) atoms. The molecule has 0 bridgehead atoms. The fourth-order valence-corrected chi connectivity index (χ4v) is 1.61. The Morgan fingerprint density at radius 2 is 2.00 bits per heavy atom. The van der Waals surface area contributed by atoms with E-state index in [4.69, 9.17) is 22.1 Å². The van der Waals surface area contributed by atoms with E-state index in [1.165, 1.54) is 0 Å². The van der Waals surface area contributed by atoms with Crippen LogP contribution in [0.25, 0.3) is 0 Å². The first kappa shape index (κ1) is 12.4. The molecule has 0 spiro atoms. The number of nitrogens with zero attached hydrogens (tertiary/aromatic N) is 1. The van der Waals surface area contributed by atoms with E-state index in [9.17, 15) is 4.79 Å². The number of benzene rings is 1. The average molecular weight is 263 g/mol.